The van der Waals surface area contributed by atoms with E-state index in [1.54, 1.807) is 27.4 Å². The van der Waals surface area contributed by atoms with E-state index in [4.69, 9.17) is 18.9 Å². The lowest BCUT2D eigenvalue weighted by Crippen LogP contribution is -2.41. The maximum Gasteiger partial charge on any atom is 0.270 e. The van der Waals surface area contributed by atoms with Crippen LogP contribution in [-0.2, 0) is 4.74 Å². The molecule has 1 amide bonds. The number of H-pyrrole nitrogens is 1. The number of aromatic amines is 1. The van der Waals surface area contributed by atoms with Crippen molar-refractivity contribution in [2.45, 2.75) is 25.9 Å². The van der Waals surface area contributed by atoms with Crippen LogP contribution in [0, 0.1) is 0 Å². The van der Waals surface area contributed by atoms with Crippen molar-refractivity contribution in [1.82, 2.24) is 9.88 Å². The number of likely N-dealkylation sites (tertiary alicyclic amines) is 1. The summed E-state index contributed by atoms with van der Waals surface area (Å²) in [4.78, 5) is 18.0. The number of aromatic nitrogens is 1. The second-order valence-corrected chi connectivity index (χ2v) is 6.23. The lowest BCUT2D eigenvalue weighted by molar-refractivity contribution is 0.0144. The van der Waals surface area contributed by atoms with Gasteiger partial charge in [0.25, 0.3) is 5.91 Å². The minimum Gasteiger partial charge on any atom is -0.496 e. The van der Waals surface area contributed by atoms with Crippen LogP contribution in [0.5, 0.6) is 17.2 Å². The SMILES string of the molecule is CCOC1CCN(C(=O)c2cc3c(OC)cc(OC)c(OC)c3[nH]2)CC1. The van der Waals surface area contributed by atoms with E-state index in [1.807, 2.05) is 17.9 Å². The Labute approximate surface area is 153 Å². The van der Waals surface area contributed by atoms with Gasteiger partial charge in [-0.15, -0.1) is 0 Å². The van der Waals surface area contributed by atoms with Crippen LogP contribution in [0.4, 0.5) is 0 Å². The van der Waals surface area contributed by atoms with Gasteiger partial charge in [-0.3, -0.25) is 4.79 Å². The maximum atomic E-state index is 12.9. The molecule has 7 nitrogen and oxygen atoms in total. The van der Waals surface area contributed by atoms with Crippen molar-refractivity contribution in [3.63, 3.8) is 0 Å². The van der Waals surface area contributed by atoms with Crippen LogP contribution in [0.15, 0.2) is 12.1 Å². The molecule has 0 aliphatic carbocycles. The normalized spacial score (nSPS) is 15.3. The van der Waals surface area contributed by atoms with Gasteiger partial charge in [0.2, 0.25) is 0 Å². The second-order valence-electron chi connectivity index (χ2n) is 6.23. The zero-order chi connectivity index (χ0) is 18.7. The molecule has 1 aliphatic heterocycles. The lowest BCUT2D eigenvalue weighted by atomic mass is 10.1. The summed E-state index contributed by atoms with van der Waals surface area (Å²) >= 11 is 0. The minimum atomic E-state index is -0.0285. The zero-order valence-corrected chi connectivity index (χ0v) is 15.8. The van der Waals surface area contributed by atoms with Gasteiger partial charge < -0.3 is 28.8 Å². The number of fused-ring (bicyclic) bond motifs is 1. The number of methoxy groups -OCH3 is 3. The number of amides is 1. The highest BCUT2D eigenvalue weighted by molar-refractivity contribution is 6.02. The van der Waals surface area contributed by atoms with Gasteiger partial charge in [0.1, 0.15) is 11.4 Å². The van der Waals surface area contributed by atoms with E-state index in [2.05, 4.69) is 4.98 Å². The minimum absolute atomic E-state index is 0.0285. The van der Waals surface area contributed by atoms with Gasteiger partial charge in [0.15, 0.2) is 11.5 Å². The first-order chi connectivity index (χ1) is 12.6. The third-order valence-electron chi connectivity index (χ3n) is 4.80. The van der Waals surface area contributed by atoms with Crippen molar-refractivity contribution in [2.24, 2.45) is 0 Å². The van der Waals surface area contributed by atoms with Gasteiger partial charge in [-0.2, -0.15) is 0 Å². The molecule has 7 heteroatoms. The molecular weight excluding hydrogens is 336 g/mol. The Morgan fingerprint density at radius 1 is 1.12 bits per heavy atom. The van der Waals surface area contributed by atoms with Crippen LogP contribution >= 0.6 is 0 Å². The van der Waals surface area contributed by atoms with E-state index in [1.165, 1.54) is 0 Å². The average molecular weight is 362 g/mol. The number of ether oxygens (including phenoxy) is 4. The van der Waals surface area contributed by atoms with E-state index in [-0.39, 0.29) is 12.0 Å². The van der Waals surface area contributed by atoms with E-state index >= 15 is 0 Å². The molecule has 1 N–H and O–H groups in total. The highest BCUT2D eigenvalue weighted by Gasteiger charge is 2.26. The number of benzene rings is 1. The fourth-order valence-corrected chi connectivity index (χ4v) is 3.48. The molecule has 2 heterocycles. The molecule has 142 valence electrons. The van der Waals surface area contributed by atoms with Crippen molar-refractivity contribution in [2.75, 3.05) is 41.0 Å². The molecule has 0 unspecified atom stereocenters. The van der Waals surface area contributed by atoms with Crippen molar-refractivity contribution in [3.8, 4) is 17.2 Å². The highest BCUT2D eigenvalue weighted by atomic mass is 16.5. The Morgan fingerprint density at radius 2 is 1.81 bits per heavy atom. The summed E-state index contributed by atoms with van der Waals surface area (Å²) in [6, 6.07) is 3.57. The molecule has 0 spiro atoms. The molecular formula is C19H26N2O5. The van der Waals surface area contributed by atoms with Gasteiger partial charge in [-0.1, -0.05) is 0 Å². The molecule has 1 fully saturated rings. The molecule has 1 aromatic carbocycles. The fraction of sp³-hybridized carbons (Fsp3) is 0.526. The summed E-state index contributed by atoms with van der Waals surface area (Å²) in [7, 11) is 4.74. The Kier molecular flexibility index (Phi) is 5.56. The Bertz CT molecular complexity index is 778. The van der Waals surface area contributed by atoms with E-state index < -0.39 is 0 Å². The molecule has 0 bridgehead atoms. The number of hydrogen-bond donors (Lipinski definition) is 1. The standard InChI is InChI=1S/C19H26N2O5/c1-5-26-12-6-8-21(9-7-12)19(22)14-10-13-15(23-2)11-16(24-3)18(25-4)17(13)20-14/h10-12,20H,5-9H2,1-4H3. The van der Waals surface area contributed by atoms with Crippen LogP contribution < -0.4 is 14.2 Å². The fourth-order valence-electron chi connectivity index (χ4n) is 3.48. The van der Waals surface area contributed by atoms with Crippen LogP contribution in [0.25, 0.3) is 10.9 Å². The summed E-state index contributed by atoms with van der Waals surface area (Å²) in [6.07, 6.45) is 1.97. The first-order valence-corrected chi connectivity index (χ1v) is 8.85. The summed E-state index contributed by atoms with van der Waals surface area (Å²) in [5.41, 5.74) is 1.20. The van der Waals surface area contributed by atoms with Gasteiger partial charge in [0.05, 0.1) is 33.0 Å². The number of carbonyl (C=O) groups excluding carboxylic acids is 1. The van der Waals surface area contributed by atoms with E-state index in [0.717, 1.165) is 18.2 Å². The van der Waals surface area contributed by atoms with Crippen LogP contribution in [0.2, 0.25) is 0 Å². The largest absolute Gasteiger partial charge is 0.496 e. The Hall–Kier alpha value is -2.41. The molecule has 0 atom stereocenters. The number of carbonyl (C=O) groups is 1. The van der Waals surface area contributed by atoms with Crippen LogP contribution in [0.3, 0.4) is 0 Å². The number of piperidine rings is 1. The molecule has 0 saturated carbocycles. The first-order valence-electron chi connectivity index (χ1n) is 8.85. The molecule has 2 aromatic rings. The molecule has 1 aliphatic rings. The van der Waals surface area contributed by atoms with Gasteiger partial charge >= 0.3 is 0 Å². The van der Waals surface area contributed by atoms with Crippen LogP contribution in [-0.4, -0.2) is 62.9 Å². The molecule has 0 radical (unpaired) electrons. The summed E-state index contributed by atoms with van der Waals surface area (Å²) in [5.74, 6) is 1.70. The van der Waals surface area contributed by atoms with Crippen molar-refractivity contribution >= 4 is 16.8 Å². The Morgan fingerprint density at radius 3 is 2.38 bits per heavy atom. The molecule has 26 heavy (non-hydrogen) atoms. The lowest BCUT2D eigenvalue weighted by Gasteiger charge is -2.31. The summed E-state index contributed by atoms with van der Waals surface area (Å²) < 4.78 is 22.0. The van der Waals surface area contributed by atoms with E-state index in [9.17, 15) is 4.79 Å². The van der Waals surface area contributed by atoms with Crippen molar-refractivity contribution < 1.29 is 23.7 Å². The highest BCUT2D eigenvalue weighted by Crippen LogP contribution is 2.41. The Balaban J connectivity index is 1.90. The zero-order valence-electron chi connectivity index (χ0n) is 15.8. The summed E-state index contributed by atoms with van der Waals surface area (Å²) in [6.45, 7) is 4.09. The topological polar surface area (TPSA) is 73.0 Å². The molecule has 1 saturated heterocycles. The predicted molar refractivity (Wildman–Crippen MR) is 98.5 cm³/mol. The van der Waals surface area contributed by atoms with E-state index in [0.29, 0.717) is 48.2 Å². The van der Waals surface area contributed by atoms with Gasteiger partial charge in [0, 0.05) is 31.1 Å². The number of hydrogen-bond acceptors (Lipinski definition) is 5. The first kappa shape index (κ1) is 18.4. The van der Waals surface area contributed by atoms with Crippen LogP contribution in [0.1, 0.15) is 30.3 Å². The van der Waals surface area contributed by atoms with Gasteiger partial charge in [-0.05, 0) is 25.8 Å². The third kappa shape index (κ3) is 3.31. The molecule has 1 aromatic heterocycles. The van der Waals surface area contributed by atoms with Gasteiger partial charge in [-0.25, -0.2) is 0 Å². The number of rotatable bonds is 6. The number of nitrogens with zero attached hydrogens (tertiary/aromatic N) is 1. The quantitative estimate of drug-likeness (QED) is 0.855. The summed E-state index contributed by atoms with van der Waals surface area (Å²) in [5, 5.41) is 0.790. The maximum absolute atomic E-state index is 12.9. The number of nitrogens with one attached hydrogen (secondary N) is 1. The average Bonchev–Trinajstić information content (AvgIpc) is 3.12. The van der Waals surface area contributed by atoms with Crippen molar-refractivity contribution in [1.29, 1.82) is 0 Å². The smallest absolute Gasteiger partial charge is 0.270 e. The molecule has 3 rings (SSSR count). The predicted octanol–water partition coefficient (Wildman–Crippen LogP) is 2.83. The third-order valence-corrected chi connectivity index (χ3v) is 4.80. The second kappa shape index (κ2) is 7.86. The monoisotopic (exact) mass is 362 g/mol. The van der Waals surface area contributed by atoms with Crippen molar-refractivity contribution in [3.05, 3.63) is 17.8 Å².